The number of thiazole rings is 1. The molecule has 0 radical (unpaired) electrons. The molecule has 0 bridgehead atoms. The largest absolute Gasteiger partial charge is 0.493 e. The van der Waals surface area contributed by atoms with Gasteiger partial charge in [0.15, 0.2) is 16.3 Å². The lowest BCUT2D eigenvalue weighted by Gasteiger charge is -2.25. The molecule has 2 aromatic carbocycles. The van der Waals surface area contributed by atoms with Crippen molar-refractivity contribution in [2.75, 3.05) is 20.8 Å². The zero-order valence-electron chi connectivity index (χ0n) is 19.4. The molecule has 0 aliphatic carbocycles. The fourth-order valence-electron chi connectivity index (χ4n) is 3.84. The molecule has 1 atom stereocenters. The molecule has 0 fully saturated rings. The van der Waals surface area contributed by atoms with E-state index in [0.717, 1.165) is 0 Å². The van der Waals surface area contributed by atoms with Gasteiger partial charge in [0.05, 0.1) is 36.1 Å². The summed E-state index contributed by atoms with van der Waals surface area (Å²) in [5.74, 6) is -0.00234. The molecule has 3 aromatic rings. The summed E-state index contributed by atoms with van der Waals surface area (Å²) in [7, 11) is 3.04. The van der Waals surface area contributed by atoms with Gasteiger partial charge in [-0.3, -0.25) is 9.36 Å². The van der Waals surface area contributed by atoms with Crippen LogP contribution in [-0.2, 0) is 9.53 Å². The molecular weight excluding hydrogens is 471 g/mol. The zero-order valence-corrected chi connectivity index (χ0v) is 20.2. The lowest BCUT2D eigenvalue weighted by atomic mass is 9.95. The van der Waals surface area contributed by atoms with Gasteiger partial charge < -0.3 is 14.2 Å². The number of carbonyl (C=O) groups excluding carboxylic acids is 1. The molecule has 180 valence electrons. The summed E-state index contributed by atoms with van der Waals surface area (Å²) in [6.45, 7) is 5.31. The number of ether oxygens (including phenoxy) is 3. The zero-order chi connectivity index (χ0) is 25.1. The Labute approximate surface area is 204 Å². The van der Waals surface area contributed by atoms with E-state index in [1.165, 1.54) is 48.3 Å². The molecule has 0 saturated heterocycles. The maximum atomic E-state index is 13.6. The Kier molecular flexibility index (Phi) is 6.97. The molecule has 0 N–H and O–H groups in total. The van der Waals surface area contributed by atoms with Crippen LogP contribution in [-0.4, -0.2) is 31.4 Å². The van der Waals surface area contributed by atoms with Crippen LogP contribution in [0.25, 0.3) is 6.08 Å². The molecule has 4 rings (SSSR count). The van der Waals surface area contributed by atoms with Crippen molar-refractivity contribution >= 4 is 23.4 Å². The third-order valence-electron chi connectivity index (χ3n) is 5.46. The van der Waals surface area contributed by atoms with Gasteiger partial charge >= 0.3 is 5.97 Å². The van der Waals surface area contributed by atoms with Gasteiger partial charge in [-0.05, 0) is 48.4 Å². The minimum absolute atomic E-state index is 0.0171. The Morgan fingerprint density at radius 3 is 2.54 bits per heavy atom. The second-order valence-corrected chi connectivity index (χ2v) is 8.64. The first-order valence-electron chi connectivity index (χ1n) is 10.7. The molecule has 1 aliphatic heterocycles. The number of fused-ring (bicyclic) bond motifs is 1. The Hall–Kier alpha value is -3.98. The van der Waals surface area contributed by atoms with E-state index in [2.05, 4.69) is 11.6 Å². The SMILES string of the molecule is C=CCOC(=O)C1=C(C)N=c2s/c(=C\c3ccc(F)cc3)c(=O)n2[C@H]1c1ccc(OC)c(OC)c1. The van der Waals surface area contributed by atoms with Crippen molar-refractivity contribution in [3.63, 3.8) is 0 Å². The van der Waals surface area contributed by atoms with Crippen LogP contribution in [0.2, 0.25) is 0 Å². The summed E-state index contributed by atoms with van der Waals surface area (Å²) in [5, 5.41) is 0. The molecule has 0 spiro atoms. The quantitative estimate of drug-likeness (QED) is 0.373. The molecule has 0 unspecified atom stereocenters. The third-order valence-corrected chi connectivity index (χ3v) is 6.45. The maximum Gasteiger partial charge on any atom is 0.338 e. The highest BCUT2D eigenvalue weighted by Crippen LogP contribution is 2.36. The predicted octanol–water partition coefficient (Wildman–Crippen LogP) is 3.12. The van der Waals surface area contributed by atoms with Crippen LogP contribution in [0.4, 0.5) is 4.39 Å². The van der Waals surface area contributed by atoms with Gasteiger partial charge in [-0.1, -0.05) is 42.2 Å². The normalized spacial score (nSPS) is 15.3. The smallest absolute Gasteiger partial charge is 0.338 e. The number of carbonyl (C=O) groups is 1. The Bertz CT molecular complexity index is 1500. The average molecular weight is 495 g/mol. The van der Waals surface area contributed by atoms with Crippen molar-refractivity contribution < 1.29 is 23.4 Å². The van der Waals surface area contributed by atoms with Gasteiger partial charge in [0.1, 0.15) is 12.4 Å². The number of nitrogens with zero attached hydrogens (tertiary/aromatic N) is 2. The van der Waals surface area contributed by atoms with Crippen LogP contribution in [0.3, 0.4) is 0 Å². The molecule has 35 heavy (non-hydrogen) atoms. The first-order valence-corrected chi connectivity index (χ1v) is 11.5. The van der Waals surface area contributed by atoms with Crippen molar-refractivity contribution in [2.24, 2.45) is 4.99 Å². The second-order valence-electron chi connectivity index (χ2n) is 7.63. The number of rotatable bonds is 7. The first kappa shape index (κ1) is 24.2. The topological polar surface area (TPSA) is 79.1 Å². The summed E-state index contributed by atoms with van der Waals surface area (Å²) < 4.78 is 31.3. The van der Waals surface area contributed by atoms with Crippen LogP contribution >= 0.6 is 11.3 Å². The van der Waals surface area contributed by atoms with Crippen molar-refractivity contribution in [2.45, 2.75) is 13.0 Å². The lowest BCUT2D eigenvalue weighted by molar-refractivity contribution is -0.138. The summed E-state index contributed by atoms with van der Waals surface area (Å²) in [4.78, 5) is 31.7. The molecule has 9 heteroatoms. The predicted molar refractivity (Wildman–Crippen MR) is 131 cm³/mol. The summed E-state index contributed by atoms with van der Waals surface area (Å²) in [6, 6.07) is 10.2. The van der Waals surface area contributed by atoms with Crippen molar-refractivity contribution in [1.82, 2.24) is 4.57 Å². The minimum Gasteiger partial charge on any atom is -0.493 e. The van der Waals surface area contributed by atoms with Crippen LogP contribution < -0.4 is 24.4 Å². The number of esters is 1. The van der Waals surface area contributed by atoms with Gasteiger partial charge in [-0.25, -0.2) is 14.2 Å². The van der Waals surface area contributed by atoms with Crippen molar-refractivity contribution in [1.29, 1.82) is 0 Å². The number of hydrogen-bond donors (Lipinski definition) is 0. The minimum atomic E-state index is -0.807. The van der Waals surface area contributed by atoms with E-state index in [1.807, 2.05) is 0 Å². The Morgan fingerprint density at radius 2 is 1.89 bits per heavy atom. The van der Waals surface area contributed by atoms with E-state index in [9.17, 15) is 14.0 Å². The monoisotopic (exact) mass is 494 g/mol. The summed E-state index contributed by atoms with van der Waals surface area (Å²) >= 11 is 1.19. The van der Waals surface area contributed by atoms with E-state index >= 15 is 0 Å². The van der Waals surface area contributed by atoms with Crippen LogP contribution in [0.1, 0.15) is 24.1 Å². The summed E-state index contributed by atoms with van der Waals surface area (Å²) in [6.07, 6.45) is 3.14. The lowest BCUT2D eigenvalue weighted by Crippen LogP contribution is -2.40. The van der Waals surface area contributed by atoms with E-state index in [-0.39, 0.29) is 23.6 Å². The van der Waals surface area contributed by atoms with Crippen LogP contribution in [0.15, 0.2) is 76.2 Å². The van der Waals surface area contributed by atoms with Gasteiger partial charge in [-0.15, -0.1) is 0 Å². The fourth-order valence-corrected chi connectivity index (χ4v) is 4.89. The van der Waals surface area contributed by atoms with Crippen molar-refractivity contribution in [3.05, 3.63) is 103 Å². The molecule has 2 heterocycles. The van der Waals surface area contributed by atoms with E-state index < -0.39 is 12.0 Å². The first-order chi connectivity index (χ1) is 16.9. The number of allylic oxidation sites excluding steroid dienone is 1. The van der Waals surface area contributed by atoms with E-state index in [4.69, 9.17) is 14.2 Å². The number of benzene rings is 2. The summed E-state index contributed by atoms with van der Waals surface area (Å²) in [5.41, 5.74) is 1.63. The Morgan fingerprint density at radius 1 is 1.17 bits per heavy atom. The van der Waals surface area contributed by atoms with Crippen molar-refractivity contribution in [3.8, 4) is 11.5 Å². The van der Waals surface area contributed by atoms with Crippen LogP contribution in [0.5, 0.6) is 11.5 Å². The third kappa shape index (κ3) is 4.67. The molecular formula is C26H23FN2O5S. The van der Waals surface area contributed by atoms with Gasteiger partial charge in [0.25, 0.3) is 5.56 Å². The number of halogens is 1. The molecule has 0 amide bonds. The highest BCUT2D eigenvalue weighted by molar-refractivity contribution is 7.07. The van der Waals surface area contributed by atoms with Gasteiger partial charge in [-0.2, -0.15) is 0 Å². The standard InChI is InChI=1S/C26H23FN2O5S/c1-5-12-34-25(31)22-15(2)28-26-29(23(22)17-8-11-19(32-3)20(14-17)33-4)24(30)21(35-26)13-16-6-9-18(27)10-7-16/h5-11,13-14,23H,1,12H2,2-4H3/b21-13-/t23-/m0/s1. The van der Waals surface area contributed by atoms with E-state index in [0.29, 0.717) is 37.7 Å². The highest BCUT2D eigenvalue weighted by Gasteiger charge is 2.34. The maximum absolute atomic E-state index is 13.6. The number of hydrogen-bond acceptors (Lipinski definition) is 7. The van der Waals surface area contributed by atoms with Gasteiger partial charge in [0.2, 0.25) is 0 Å². The van der Waals surface area contributed by atoms with Gasteiger partial charge in [0, 0.05) is 0 Å². The fraction of sp³-hybridized carbons (Fsp3) is 0.192. The molecule has 0 saturated carbocycles. The highest BCUT2D eigenvalue weighted by atomic mass is 32.1. The second kappa shape index (κ2) is 10.1. The molecule has 1 aromatic heterocycles. The average Bonchev–Trinajstić information content (AvgIpc) is 3.16. The van der Waals surface area contributed by atoms with Crippen LogP contribution in [0, 0.1) is 5.82 Å². The number of methoxy groups -OCH3 is 2. The number of aromatic nitrogens is 1. The Balaban J connectivity index is 1.95. The van der Waals surface area contributed by atoms with E-state index in [1.54, 1.807) is 43.3 Å². The molecule has 7 nitrogen and oxygen atoms in total. The molecule has 1 aliphatic rings.